The Kier molecular flexibility index (Phi) is 2.21. The Balaban J connectivity index is 2.46. The first kappa shape index (κ1) is 9.73. The quantitative estimate of drug-likeness (QED) is 0.734. The van der Waals surface area contributed by atoms with E-state index in [0.717, 1.165) is 17.1 Å². The number of carbonyl (C=O) groups excluding carboxylic acids is 2. The summed E-state index contributed by atoms with van der Waals surface area (Å²) in [6, 6.07) is 4.19. The molecule has 0 aliphatic carbocycles. The van der Waals surface area contributed by atoms with Gasteiger partial charge in [-0.3, -0.25) is 9.59 Å². The normalized spacial score (nSPS) is 15.1. The lowest BCUT2D eigenvalue weighted by atomic mass is 10.2. The summed E-state index contributed by atoms with van der Waals surface area (Å²) in [7, 11) is 0. The van der Waals surface area contributed by atoms with E-state index in [1.807, 2.05) is 0 Å². The minimum absolute atomic E-state index is 0.138. The molecule has 2 rings (SSSR count). The molecular weight excluding hydrogens is 218 g/mol. The molecule has 0 fully saturated rings. The van der Waals surface area contributed by atoms with Crippen LogP contribution in [0.3, 0.4) is 0 Å². The highest BCUT2D eigenvalue weighted by atomic mass is 35.5. The number of benzene rings is 1. The summed E-state index contributed by atoms with van der Waals surface area (Å²) >= 11 is 5.63. The number of imide groups is 1. The minimum Gasteiger partial charge on any atom is -0.506 e. The molecule has 15 heavy (non-hydrogen) atoms. The highest BCUT2D eigenvalue weighted by molar-refractivity contribution is 6.31. The van der Waals surface area contributed by atoms with Crippen LogP contribution in [0.5, 0.6) is 5.75 Å². The van der Waals surface area contributed by atoms with Gasteiger partial charge in [-0.1, -0.05) is 11.6 Å². The average molecular weight is 224 g/mol. The van der Waals surface area contributed by atoms with E-state index in [1.165, 1.54) is 18.2 Å². The van der Waals surface area contributed by atoms with Gasteiger partial charge < -0.3 is 5.11 Å². The van der Waals surface area contributed by atoms with Gasteiger partial charge in [-0.05, 0) is 12.1 Å². The van der Waals surface area contributed by atoms with E-state index in [4.69, 9.17) is 11.6 Å². The van der Waals surface area contributed by atoms with Crippen molar-refractivity contribution in [1.82, 2.24) is 0 Å². The van der Waals surface area contributed by atoms with Crippen LogP contribution in [-0.2, 0) is 9.59 Å². The van der Waals surface area contributed by atoms with Crippen molar-refractivity contribution in [1.29, 1.82) is 0 Å². The maximum absolute atomic E-state index is 11.3. The molecule has 0 unspecified atom stereocenters. The van der Waals surface area contributed by atoms with Gasteiger partial charge in [-0.15, -0.1) is 0 Å². The average Bonchev–Trinajstić information content (AvgIpc) is 2.48. The fraction of sp³-hybridized carbons (Fsp3) is 0. The first-order valence-electron chi connectivity index (χ1n) is 4.14. The molecule has 1 aromatic rings. The predicted octanol–water partition coefficient (Wildman–Crippen LogP) is 1.47. The summed E-state index contributed by atoms with van der Waals surface area (Å²) in [5.41, 5.74) is 0.138. The van der Waals surface area contributed by atoms with Crippen LogP contribution in [0.15, 0.2) is 30.4 Å². The van der Waals surface area contributed by atoms with Crippen molar-refractivity contribution < 1.29 is 14.7 Å². The number of halogens is 1. The number of aromatic hydroxyl groups is 1. The first-order valence-corrected chi connectivity index (χ1v) is 4.52. The summed E-state index contributed by atoms with van der Waals surface area (Å²) in [6.45, 7) is 0. The van der Waals surface area contributed by atoms with E-state index >= 15 is 0 Å². The fourth-order valence-electron chi connectivity index (χ4n) is 1.32. The minimum atomic E-state index is -0.474. The molecule has 76 valence electrons. The number of carbonyl (C=O) groups is 2. The zero-order chi connectivity index (χ0) is 11.0. The van der Waals surface area contributed by atoms with E-state index in [0.29, 0.717) is 5.02 Å². The summed E-state index contributed by atoms with van der Waals surface area (Å²) in [4.78, 5) is 23.5. The second kappa shape index (κ2) is 3.40. The van der Waals surface area contributed by atoms with Gasteiger partial charge in [0.1, 0.15) is 5.75 Å². The van der Waals surface area contributed by atoms with Gasteiger partial charge in [-0.2, -0.15) is 0 Å². The van der Waals surface area contributed by atoms with E-state index in [2.05, 4.69) is 0 Å². The van der Waals surface area contributed by atoms with Crippen molar-refractivity contribution in [3.05, 3.63) is 35.4 Å². The summed E-state index contributed by atoms with van der Waals surface area (Å²) in [5, 5.41) is 9.87. The molecule has 0 saturated heterocycles. The standard InChI is InChI=1S/C10H6ClNO3/c11-6-1-2-7(8(13)5-6)12-9(14)3-4-10(12)15/h1-5,13H. The molecule has 5 heteroatoms. The number of anilines is 1. The first-order chi connectivity index (χ1) is 7.09. The van der Waals surface area contributed by atoms with Crippen molar-refractivity contribution in [2.45, 2.75) is 0 Å². The highest BCUT2D eigenvalue weighted by Crippen LogP contribution is 2.31. The number of hydrogen-bond acceptors (Lipinski definition) is 3. The molecule has 4 nitrogen and oxygen atoms in total. The number of phenolic OH excluding ortho intramolecular Hbond substituents is 1. The lowest BCUT2D eigenvalue weighted by Gasteiger charge is -2.15. The molecule has 0 spiro atoms. The van der Waals surface area contributed by atoms with Gasteiger partial charge in [0.05, 0.1) is 5.69 Å². The van der Waals surface area contributed by atoms with E-state index in [1.54, 1.807) is 0 Å². The number of amides is 2. The molecule has 0 atom stereocenters. The van der Waals surface area contributed by atoms with Gasteiger partial charge in [0.25, 0.3) is 11.8 Å². The predicted molar refractivity (Wildman–Crippen MR) is 54.7 cm³/mol. The Morgan fingerprint density at radius 3 is 2.27 bits per heavy atom. The molecule has 1 N–H and O–H groups in total. The molecule has 0 saturated carbocycles. The van der Waals surface area contributed by atoms with E-state index < -0.39 is 11.8 Å². The lowest BCUT2D eigenvalue weighted by molar-refractivity contribution is -0.120. The molecule has 1 aliphatic heterocycles. The largest absolute Gasteiger partial charge is 0.506 e. The molecular formula is C10H6ClNO3. The van der Waals surface area contributed by atoms with Gasteiger partial charge in [0.15, 0.2) is 0 Å². The van der Waals surface area contributed by atoms with Gasteiger partial charge in [0, 0.05) is 23.2 Å². The topological polar surface area (TPSA) is 57.6 Å². The second-order valence-electron chi connectivity index (χ2n) is 2.98. The van der Waals surface area contributed by atoms with Gasteiger partial charge >= 0.3 is 0 Å². The van der Waals surface area contributed by atoms with Crippen LogP contribution in [0.25, 0.3) is 0 Å². The van der Waals surface area contributed by atoms with Crippen LogP contribution >= 0.6 is 11.6 Å². The highest BCUT2D eigenvalue weighted by Gasteiger charge is 2.27. The van der Waals surface area contributed by atoms with Crippen molar-refractivity contribution in [3.8, 4) is 5.75 Å². The zero-order valence-corrected chi connectivity index (χ0v) is 8.23. The molecule has 0 aromatic heterocycles. The van der Waals surface area contributed by atoms with Crippen LogP contribution in [0.4, 0.5) is 5.69 Å². The van der Waals surface area contributed by atoms with E-state index in [-0.39, 0.29) is 11.4 Å². The number of hydrogen-bond donors (Lipinski definition) is 1. The Morgan fingerprint density at radius 1 is 1.13 bits per heavy atom. The fourth-order valence-corrected chi connectivity index (χ4v) is 1.49. The van der Waals surface area contributed by atoms with Crippen LogP contribution in [0.2, 0.25) is 5.02 Å². The van der Waals surface area contributed by atoms with Crippen molar-refractivity contribution >= 4 is 29.1 Å². The number of nitrogens with zero attached hydrogens (tertiary/aromatic N) is 1. The number of rotatable bonds is 1. The summed E-state index contributed by atoms with van der Waals surface area (Å²) in [6.07, 6.45) is 2.30. The maximum atomic E-state index is 11.3. The third-order valence-corrected chi connectivity index (χ3v) is 2.22. The Labute approximate surface area is 90.4 Å². The Morgan fingerprint density at radius 2 is 1.73 bits per heavy atom. The third kappa shape index (κ3) is 1.59. The molecule has 1 aliphatic rings. The summed E-state index contributed by atoms with van der Waals surface area (Å²) in [5.74, 6) is -1.15. The molecule has 1 heterocycles. The summed E-state index contributed by atoms with van der Waals surface area (Å²) < 4.78 is 0. The number of phenols is 1. The molecule has 1 aromatic carbocycles. The Hall–Kier alpha value is -1.81. The van der Waals surface area contributed by atoms with Gasteiger partial charge in [-0.25, -0.2) is 4.90 Å². The molecule has 2 amide bonds. The van der Waals surface area contributed by atoms with Gasteiger partial charge in [0.2, 0.25) is 0 Å². The zero-order valence-electron chi connectivity index (χ0n) is 7.48. The molecule has 0 bridgehead atoms. The second-order valence-corrected chi connectivity index (χ2v) is 3.41. The monoisotopic (exact) mass is 223 g/mol. The third-order valence-electron chi connectivity index (χ3n) is 1.99. The van der Waals surface area contributed by atoms with Crippen LogP contribution < -0.4 is 4.90 Å². The van der Waals surface area contributed by atoms with Crippen LogP contribution in [0.1, 0.15) is 0 Å². The van der Waals surface area contributed by atoms with E-state index in [9.17, 15) is 14.7 Å². The Bertz CT molecular complexity index is 464. The smallest absolute Gasteiger partial charge is 0.258 e. The van der Waals surface area contributed by atoms with Crippen molar-refractivity contribution in [3.63, 3.8) is 0 Å². The molecule has 0 radical (unpaired) electrons. The van der Waals surface area contributed by atoms with Crippen LogP contribution in [-0.4, -0.2) is 16.9 Å². The van der Waals surface area contributed by atoms with Crippen molar-refractivity contribution in [2.24, 2.45) is 0 Å². The lowest BCUT2D eigenvalue weighted by Crippen LogP contribution is -2.29. The van der Waals surface area contributed by atoms with Crippen molar-refractivity contribution in [2.75, 3.05) is 4.90 Å². The van der Waals surface area contributed by atoms with Crippen LogP contribution in [0, 0.1) is 0 Å². The maximum Gasteiger partial charge on any atom is 0.258 e. The SMILES string of the molecule is O=C1C=CC(=O)N1c1ccc(Cl)cc1O.